The van der Waals surface area contributed by atoms with Gasteiger partial charge < -0.3 is 14.6 Å². The van der Waals surface area contributed by atoms with Crippen molar-refractivity contribution in [2.75, 3.05) is 13.2 Å². The molecule has 1 unspecified atom stereocenters. The first kappa shape index (κ1) is 62.6. The van der Waals surface area contributed by atoms with Crippen molar-refractivity contribution in [3.8, 4) is 0 Å². The Morgan fingerprint density at radius 1 is 0.369 bits per heavy atom. The summed E-state index contributed by atoms with van der Waals surface area (Å²) >= 11 is 0. The number of unbranched alkanes of at least 4 members (excludes halogenated alkanes) is 34. The fraction of sp³-hybridized carbons (Fsp3) is 0.800. The van der Waals surface area contributed by atoms with Gasteiger partial charge in [0.25, 0.3) is 0 Å². The first-order chi connectivity index (χ1) is 32.1. The van der Waals surface area contributed by atoms with Crippen molar-refractivity contribution >= 4 is 11.9 Å². The number of hydrogen-bond acceptors (Lipinski definition) is 5. The lowest BCUT2D eigenvalue weighted by Crippen LogP contribution is -2.28. The SMILES string of the molecule is CC/C=C\C/C=C\C/C=C\C/C=C\C/C=C\CCCCCCCCCCCCCCCC(=O)OC(CO)COC(=O)CCCCCCCCCCCCCCCCCCCCCCCC. The van der Waals surface area contributed by atoms with E-state index >= 15 is 0 Å². The molecule has 65 heavy (non-hydrogen) atoms. The molecule has 0 bridgehead atoms. The topological polar surface area (TPSA) is 72.8 Å². The Morgan fingerprint density at radius 3 is 1.00 bits per heavy atom. The molecular formula is C60H108O5. The average Bonchev–Trinajstić information content (AvgIpc) is 3.31. The third kappa shape index (κ3) is 54.1. The molecule has 0 aromatic heterocycles. The summed E-state index contributed by atoms with van der Waals surface area (Å²) in [4.78, 5) is 24.5. The maximum atomic E-state index is 12.3. The highest BCUT2D eigenvalue weighted by molar-refractivity contribution is 5.70. The van der Waals surface area contributed by atoms with Crippen LogP contribution in [0.15, 0.2) is 60.8 Å². The van der Waals surface area contributed by atoms with Gasteiger partial charge in [0.1, 0.15) is 6.61 Å². The minimum absolute atomic E-state index is 0.0633. The van der Waals surface area contributed by atoms with Gasteiger partial charge >= 0.3 is 11.9 Å². The second kappa shape index (κ2) is 55.9. The second-order valence-corrected chi connectivity index (χ2v) is 19.0. The maximum absolute atomic E-state index is 12.3. The van der Waals surface area contributed by atoms with Crippen LogP contribution in [0.3, 0.4) is 0 Å². The van der Waals surface area contributed by atoms with Crippen LogP contribution in [0.25, 0.3) is 0 Å². The van der Waals surface area contributed by atoms with Crippen molar-refractivity contribution in [1.29, 1.82) is 0 Å². The highest BCUT2D eigenvalue weighted by atomic mass is 16.6. The van der Waals surface area contributed by atoms with Crippen molar-refractivity contribution in [3.63, 3.8) is 0 Å². The van der Waals surface area contributed by atoms with Crippen LogP contribution in [0.2, 0.25) is 0 Å². The Morgan fingerprint density at radius 2 is 0.662 bits per heavy atom. The number of allylic oxidation sites excluding steroid dienone is 10. The first-order valence-corrected chi connectivity index (χ1v) is 28.3. The fourth-order valence-electron chi connectivity index (χ4n) is 8.35. The zero-order valence-corrected chi connectivity index (χ0v) is 43.3. The molecule has 0 spiro atoms. The van der Waals surface area contributed by atoms with Gasteiger partial charge in [-0.2, -0.15) is 0 Å². The molecule has 0 fully saturated rings. The number of esters is 2. The Hall–Kier alpha value is -2.40. The summed E-state index contributed by atoms with van der Waals surface area (Å²) in [5.41, 5.74) is 0. The molecule has 0 saturated heterocycles. The van der Waals surface area contributed by atoms with E-state index in [0.29, 0.717) is 12.8 Å². The summed E-state index contributed by atoms with van der Waals surface area (Å²) in [5.74, 6) is -0.578. The van der Waals surface area contributed by atoms with Gasteiger partial charge in [-0.3, -0.25) is 9.59 Å². The van der Waals surface area contributed by atoms with Crippen LogP contribution < -0.4 is 0 Å². The smallest absolute Gasteiger partial charge is 0.306 e. The van der Waals surface area contributed by atoms with Crippen LogP contribution in [0.1, 0.15) is 290 Å². The molecule has 0 amide bonds. The maximum Gasteiger partial charge on any atom is 0.306 e. The van der Waals surface area contributed by atoms with Gasteiger partial charge in [0.05, 0.1) is 6.61 Å². The van der Waals surface area contributed by atoms with Gasteiger partial charge in [-0.1, -0.05) is 280 Å². The Bertz CT molecular complexity index is 1120. The monoisotopic (exact) mass is 909 g/mol. The summed E-state index contributed by atoms with van der Waals surface area (Å²) < 4.78 is 10.7. The van der Waals surface area contributed by atoms with E-state index in [1.54, 1.807) is 0 Å². The number of carbonyl (C=O) groups excluding carboxylic acids is 2. The Balaban J connectivity index is 3.47. The molecule has 0 aliphatic carbocycles. The zero-order valence-electron chi connectivity index (χ0n) is 43.3. The van der Waals surface area contributed by atoms with Gasteiger partial charge in [0.15, 0.2) is 6.10 Å². The number of aliphatic hydroxyl groups excluding tert-OH is 1. The molecule has 0 aliphatic heterocycles. The molecule has 0 aromatic carbocycles. The van der Waals surface area contributed by atoms with Crippen LogP contribution in [0, 0.1) is 0 Å². The predicted molar refractivity (Wildman–Crippen MR) is 284 cm³/mol. The lowest BCUT2D eigenvalue weighted by molar-refractivity contribution is -0.161. The van der Waals surface area contributed by atoms with Gasteiger partial charge in [0.2, 0.25) is 0 Å². The summed E-state index contributed by atoms with van der Waals surface area (Å²) in [5, 5.41) is 9.65. The fourth-order valence-corrected chi connectivity index (χ4v) is 8.35. The standard InChI is InChI=1S/C60H108O5/c1-3-5-7-9-11-13-15-17-19-21-23-25-27-28-29-30-31-32-33-35-37-39-41-43-45-47-49-51-53-55-60(63)65-58(56-61)57-64-59(62)54-52-50-48-46-44-42-40-38-36-34-26-24-22-20-18-16-14-12-10-8-6-4-2/h5,7,11,13,17,19,23,25,28-29,58,61H,3-4,6,8-10,12,14-16,18,20-22,24,26-27,30-57H2,1-2H3/b7-5-,13-11-,19-17-,25-23-,29-28-. The summed E-state index contributed by atoms with van der Waals surface area (Å²) in [6, 6.07) is 0. The lowest BCUT2D eigenvalue weighted by atomic mass is 10.0. The number of rotatable bonds is 52. The average molecular weight is 910 g/mol. The minimum atomic E-state index is -0.773. The lowest BCUT2D eigenvalue weighted by Gasteiger charge is -2.15. The molecule has 1 atom stereocenters. The van der Waals surface area contributed by atoms with E-state index in [0.717, 1.165) is 70.6 Å². The van der Waals surface area contributed by atoms with Crippen LogP contribution in [-0.4, -0.2) is 36.4 Å². The van der Waals surface area contributed by atoms with Crippen molar-refractivity contribution < 1.29 is 24.2 Å². The molecule has 0 rings (SSSR count). The van der Waals surface area contributed by atoms with Crippen molar-refractivity contribution in [1.82, 2.24) is 0 Å². The van der Waals surface area contributed by atoms with Gasteiger partial charge in [-0.15, -0.1) is 0 Å². The van der Waals surface area contributed by atoms with Crippen LogP contribution >= 0.6 is 0 Å². The van der Waals surface area contributed by atoms with E-state index in [4.69, 9.17) is 9.47 Å². The Kier molecular flexibility index (Phi) is 53.9. The largest absolute Gasteiger partial charge is 0.462 e. The predicted octanol–water partition coefficient (Wildman–Crippen LogP) is 19.0. The first-order valence-electron chi connectivity index (χ1n) is 28.3. The Labute approximate surface area is 404 Å². The normalized spacial score (nSPS) is 12.6. The summed E-state index contributed by atoms with van der Waals surface area (Å²) in [6.07, 6.45) is 74.8. The third-order valence-corrected chi connectivity index (χ3v) is 12.6. The van der Waals surface area contributed by atoms with Gasteiger partial charge in [-0.25, -0.2) is 0 Å². The highest BCUT2D eigenvalue weighted by Crippen LogP contribution is 2.17. The van der Waals surface area contributed by atoms with Gasteiger partial charge in [0, 0.05) is 12.8 Å². The third-order valence-electron chi connectivity index (χ3n) is 12.6. The highest BCUT2D eigenvalue weighted by Gasteiger charge is 2.16. The van der Waals surface area contributed by atoms with E-state index in [1.807, 2.05) is 0 Å². The number of ether oxygens (including phenoxy) is 2. The molecular weight excluding hydrogens is 801 g/mol. The molecule has 5 nitrogen and oxygen atoms in total. The molecule has 0 heterocycles. The van der Waals surface area contributed by atoms with Crippen molar-refractivity contribution in [2.45, 2.75) is 296 Å². The van der Waals surface area contributed by atoms with Gasteiger partial charge in [-0.05, 0) is 57.8 Å². The van der Waals surface area contributed by atoms with Crippen LogP contribution in [0.4, 0.5) is 0 Å². The van der Waals surface area contributed by atoms with E-state index in [1.165, 1.54) is 193 Å². The molecule has 0 aliphatic rings. The molecule has 0 saturated carbocycles. The molecule has 0 aromatic rings. The molecule has 378 valence electrons. The van der Waals surface area contributed by atoms with E-state index in [2.05, 4.69) is 74.6 Å². The summed E-state index contributed by atoms with van der Waals surface area (Å²) in [7, 11) is 0. The minimum Gasteiger partial charge on any atom is -0.462 e. The molecule has 0 radical (unpaired) electrons. The number of hydrogen-bond donors (Lipinski definition) is 1. The van der Waals surface area contributed by atoms with Crippen LogP contribution in [-0.2, 0) is 19.1 Å². The molecule has 5 heteroatoms. The summed E-state index contributed by atoms with van der Waals surface area (Å²) in [6.45, 7) is 4.07. The van der Waals surface area contributed by atoms with E-state index in [9.17, 15) is 14.7 Å². The second-order valence-electron chi connectivity index (χ2n) is 19.0. The van der Waals surface area contributed by atoms with E-state index in [-0.39, 0.29) is 25.2 Å². The number of carbonyl (C=O) groups is 2. The number of aliphatic hydroxyl groups is 1. The van der Waals surface area contributed by atoms with Crippen LogP contribution in [0.5, 0.6) is 0 Å². The van der Waals surface area contributed by atoms with E-state index < -0.39 is 6.10 Å². The zero-order chi connectivity index (χ0) is 47.0. The van der Waals surface area contributed by atoms with Crippen molar-refractivity contribution in [3.05, 3.63) is 60.8 Å². The van der Waals surface area contributed by atoms with Crippen molar-refractivity contribution in [2.24, 2.45) is 0 Å². The molecule has 1 N–H and O–H groups in total. The quantitative estimate of drug-likeness (QED) is 0.0374.